The maximum Gasteiger partial charge on any atom is 1.00 e. The predicted octanol–water partition coefficient (Wildman–Crippen LogP) is 2.60. The van der Waals surface area contributed by atoms with Crippen molar-refractivity contribution in [2.24, 2.45) is 0 Å². The Kier molecular flexibility index (Phi) is 13.1. The van der Waals surface area contributed by atoms with Crippen LogP contribution in [0.25, 0.3) is 0 Å². The van der Waals surface area contributed by atoms with E-state index in [0.717, 1.165) is 44.1 Å². The molecule has 168 valence electrons. The second-order valence-electron chi connectivity index (χ2n) is 6.76. The fraction of sp³-hybridized carbons (Fsp3) is 0.667. The zero-order chi connectivity index (χ0) is 22.1. The molecule has 0 radical (unpaired) electrons. The molecular formula is C18H24F6NNaO3S. The Morgan fingerprint density at radius 2 is 1.13 bits per heavy atom. The zero-order valence-corrected chi connectivity index (χ0v) is 19.5. The Hall–Kier alpha value is -0.330. The van der Waals surface area contributed by atoms with Gasteiger partial charge in [-0.15, -0.1) is 4.90 Å². The summed E-state index contributed by atoms with van der Waals surface area (Å²) in [5.74, 6) is 0. The standard InChI is InChI=1S/C18H25F6NO3S.Na/c19-17(20,21)25(18(22,23)24)14-8-6-4-2-1-3-5-7-9-15-10-12-16(13-11-15)29(26,27)28;/h10-13H,1-9,14H2,(H,26,27,28);/q;+1/p-1. The van der Waals surface area contributed by atoms with Gasteiger partial charge in [0, 0.05) is 6.54 Å². The number of hydrogen-bond donors (Lipinski definition) is 0. The molecule has 0 bridgehead atoms. The van der Waals surface area contributed by atoms with Crippen molar-refractivity contribution in [1.29, 1.82) is 0 Å². The normalized spacial score (nSPS) is 12.8. The molecule has 1 aromatic carbocycles. The molecule has 0 atom stereocenters. The van der Waals surface area contributed by atoms with Crippen LogP contribution in [0.1, 0.15) is 56.9 Å². The van der Waals surface area contributed by atoms with E-state index < -0.39 is 34.2 Å². The van der Waals surface area contributed by atoms with Gasteiger partial charge in [-0.25, -0.2) is 8.42 Å². The molecule has 12 heteroatoms. The number of halogens is 6. The van der Waals surface area contributed by atoms with E-state index in [2.05, 4.69) is 0 Å². The van der Waals surface area contributed by atoms with Gasteiger partial charge in [0.2, 0.25) is 0 Å². The van der Waals surface area contributed by atoms with Crippen molar-refractivity contribution in [1.82, 2.24) is 4.90 Å². The van der Waals surface area contributed by atoms with Gasteiger partial charge in [-0.3, -0.25) is 0 Å². The van der Waals surface area contributed by atoms with Crippen molar-refractivity contribution < 1.29 is 68.9 Å². The smallest absolute Gasteiger partial charge is 0.744 e. The first-order chi connectivity index (χ1) is 13.3. The minimum atomic E-state index is -5.41. The Bertz CT molecular complexity index is 694. The monoisotopic (exact) mass is 471 g/mol. The fourth-order valence-electron chi connectivity index (χ4n) is 2.88. The molecular weight excluding hydrogens is 447 g/mol. The summed E-state index contributed by atoms with van der Waals surface area (Å²) in [5.41, 5.74) is 0.913. The van der Waals surface area contributed by atoms with Crippen LogP contribution in [0.5, 0.6) is 0 Å². The van der Waals surface area contributed by atoms with E-state index in [0.29, 0.717) is 12.8 Å². The van der Waals surface area contributed by atoms with E-state index in [1.807, 2.05) is 0 Å². The average molecular weight is 471 g/mol. The van der Waals surface area contributed by atoms with Crippen LogP contribution in [-0.2, 0) is 16.5 Å². The van der Waals surface area contributed by atoms with Gasteiger partial charge in [0.15, 0.2) is 0 Å². The van der Waals surface area contributed by atoms with E-state index >= 15 is 0 Å². The molecule has 1 rings (SSSR count). The first-order valence-corrected chi connectivity index (χ1v) is 10.7. The molecule has 30 heavy (non-hydrogen) atoms. The molecule has 1 aromatic rings. The van der Waals surface area contributed by atoms with Crippen LogP contribution in [0.4, 0.5) is 26.3 Å². The van der Waals surface area contributed by atoms with Crippen LogP contribution >= 0.6 is 0 Å². The van der Waals surface area contributed by atoms with Crippen LogP contribution in [0.3, 0.4) is 0 Å². The Balaban J connectivity index is 0.00000841. The van der Waals surface area contributed by atoms with Gasteiger partial charge in [0.1, 0.15) is 10.1 Å². The maximum absolute atomic E-state index is 12.3. The summed E-state index contributed by atoms with van der Waals surface area (Å²) in [6.07, 6.45) is -5.16. The Morgan fingerprint density at radius 3 is 1.53 bits per heavy atom. The molecule has 0 amide bonds. The number of hydrogen-bond acceptors (Lipinski definition) is 4. The van der Waals surface area contributed by atoms with Crippen LogP contribution < -0.4 is 29.6 Å². The molecule has 0 unspecified atom stereocenters. The summed E-state index contributed by atoms with van der Waals surface area (Å²) in [7, 11) is -4.45. The molecule has 0 N–H and O–H groups in total. The van der Waals surface area contributed by atoms with Crippen molar-refractivity contribution in [2.45, 2.75) is 75.3 Å². The first-order valence-electron chi connectivity index (χ1n) is 9.28. The summed E-state index contributed by atoms with van der Waals surface area (Å²) in [6.45, 7) is -1.08. The van der Waals surface area contributed by atoms with Crippen LogP contribution in [0.2, 0.25) is 0 Å². The SMILES string of the molecule is O=S(=O)([O-])c1ccc(CCCCCCCCCCN(C(F)(F)F)C(F)(F)F)cc1.[Na+]. The molecule has 0 aliphatic carbocycles. The molecule has 0 aliphatic rings. The van der Waals surface area contributed by atoms with Crippen molar-refractivity contribution in [3.05, 3.63) is 29.8 Å². The van der Waals surface area contributed by atoms with Gasteiger partial charge in [-0.1, -0.05) is 50.7 Å². The van der Waals surface area contributed by atoms with Gasteiger partial charge in [0.05, 0.1) is 4.90 Å². The minimum Gasteiger partial charge on any atom is -0.744 e. The van der Waals surface area contributed by atoms with Crippen molar-refractivity contribution in [3.8, 4) is 0 Å². The summed E-state index contributed by atoms with van der Waals surface area (Å²) in [4.78, 5) is -1.66. The number of nitrogens with zero attached hydrogens (tertiary/aromatic N) is 1. The van der Waals surface area contributed by atoms with Gasteiger partial charge < -0.3 is 4.55 Å². The molecule has 0 aliphatic heterocycles. The molecule has 0 aromatic heterocycles. The maximum atomic E-state index is 12.3. The van der Waals surface area contributed by atoms with E-state index in [1.165, 1.54) is 12.1 Å². The summed E-state index contributed by atoms with van der Waals surface area (Å²) >= 11 is 0. The van der Waals surface area contributed by atoms with Gasteiger partial charge >= 0.3 is 42.2 Å². The predicted molar refractivity (Wildman–Crippen MR) is 93.9 cm³/mol. The van der Waals surface area contributed by atoms with Gasteiger partial charge in [0.25, 0.3) is 0 Å². The number of alkyl halides is 6. The third-order valence-corrected chi connectivity index (χ3v) is 5.27. The molecule has 0 spiro atoms. The Morgan fingerprint density at radius 1 is 0.733 bits per heavy atom. The van der Waals surface area contributed by atoms with Crippen molar-refractivity contribution in [3.63, 3.8) is 0 Å². The van der Waals surface area contributed by atoms with Crippen LogP contribution in [0.15, 0.2) is 29.2 Å². The van der Waals surface area contributed by atoms with Crippen LogP contribution in [0, 0.1) is 0 Å². The quantitative estimate of drug-likeness (QED) is 0.155. The molecule has 4 nitrogen and oxygen atoms in total. The molecule has 0 saturated heterocycles. The third-order valence-electron chi connectivity index (χ3n) is 4.42. The van der Waals surface area contributed by atoms with Crippen molar-refractivity contribution >= 4 is 10.1 Å². The minimum absolute atomic E-state index is 0. The first kappa shape index (κ1) is 29.7. The summed E-state index contributed by atoms with van der Waals surface area (Å²) in [5, 5.41) is 0. The van der Waals surface area contributed by atoms with E-state index in [4.69, 9.17) is 0 Å². The second-order valence-corrected chi connectivity index (χ2v) is 8.14. The summed E-state index contributed by atoms with van der Waals surface area (Å²) in [6, 6.07) is 5.73. The number of aryl methyl sites for hydroxylation is 1. The van der Waals surface area contributed by atoms with E-state index in [-0.39, 0.29) is 40.9 Å². The fourth-order valence-corrected chi connectivity index (χ4v) is 3.35. The zero-order valence-electron chi connectivity index (χ0n) is 16.7. The van der Waals surface area contributed by atoms with Gasteiger partial charge in [-0.05, 0) is 37.0 Å². The largest absolute Gasteiger partial charge is 1.00 e. The molecule has 0 saturated carbocycles. The number of benzene rings is 1. The third kappa shape index (κ3) is 11.9. The topological polar surface area (TPSA) is 60.4 Å². The summed E-state index contributed by atoms with van der Waals surface area (Å²) < 4.78 is 106. The van der Waals surface area contributed by atoms with Crippen molar-refractivity contribution in [2.75, 3.05) is 6.54 Å². The second kappa shape index (κ2) is 13.3. The molecule has 0 fully saturated rings. The average Bonchev–Trinajstić information content (AvgIpc) is 2.57. The van der Waals surface area contributed by atoms with E-state index in [1.54, 1.807) is 12.1 Å². The molecule has 0 heterocycles. The Labute approximate surface area is 195 Å². The van der Waals surface area contributed by atoms with E-state index in [9.17, 15) is 39.3 Å². The number of unbranched alkanes of at least 4 members (excludes halogenated alkanes) is 7. The number of rotatable bonds is 12. The van der Waals surface area contributed by atoms with Crippen LogP contribution in [-0.4, -0.2) is 37.0 Å². The van der Waals surface area contributed by atoms with Gasteiger partial charge in [-0.2, -0.15) is 26.3 Å².